The Bertz CT molecular complexity index is 677. The average Bonchev–Trinajstić information content (AvgIpc) is 2.48. The zero-order valence-corrected chi connectivity index (χ0v) is 14.7. The van der Waals surface area contributed by atoms with Gasteiger partial charge in [0.2, 0.25) is 10.0 Å². The van der Waals surface area contributed by atoms with Crippen LogP contribution in [-0.2, 0) is 23.0 Å². The lowest BCUT2D eigenvalue weighted by Gasteiger charge is -2.39. The summed E-state index contributed by atoms with van der Waals surface area (Å²) in [6, 6.07) is 5.47. The Morgan fingerprint density at radius 2 is 2.09 bits per heavy atom. The van der Waals surface area contributed by atoms with Crippen LogP contribution in [-0.4, -0.2) is 49.6 Å². The molecule has 1 aromatic rings. The van der Waals surface area contributed by atoms with Crippen LogP contribution in [0.5, 0.6) is 0 Å². The van der Waals surface area contributed by atoms with Gasteiger partial charge in [-0.3, -0.25) is 4.90 Å². The van der Waals surface area contributed by atoms with Crippen molar-refractivity contribution in [2.75, 3.05) is 25.9 Å². The summed E-state index contributed by atoms with van der Waals surface area (Å²) >= 11 is 0. The Hall–Kier alpha value is -0.980. The highest BCUT2D eigenvalue weighted by atomic mass is 32.2. The van der Waals surface area contributed by atoms with Crippen LogP contribution in [0.15, 0.2) is 18.2 Å². The summed E-state index contributed by atoms with van der Waals surface area (Å²) in [7, 11) is -3.10. The molecular formula is C17H25FN2O2S. The molecule has 2 heterocycles. The minimum Gasteiger partial charge on any atom is -0.296 e. The highest BCUT2D eigenvalue weighted by molar-refractivity contribution is 7.88. The van der Waals surface area contributed by atoms with E-state index in [4.69, 9.17) is 0 Å². The molecule has 0 N–H and O–H groups in total. The van der Waals surface area contributed by atoms with Crippen molar-refractivity contribution in [3.8, 4) is 0 Å². The molecule has 2 aliphatic heterocycles. The largest absolute Gasteiger partial charge is 0.296 e. The van der Waals surface area contributed by atoms with Gasteiger partial charge < -0.3 is 0 Å². The van der Waals surface area contributed by atoms with Gasteiger partial charge in [-0.15, -0.1) is 0 Å². The van der Waals surface area contributed by atoms with Crippen molar-refractivity contribution in [3.63, 3.8) is 0 Å². The number of piperidine rings is 1. The van der Waals surface area contributed by atoms with E-state index in [0.717, 1.165) is 37.9 Å². The molecule has 0 amide bonds. The van der Waals surface area contributed by atoms with Gasteiger partial charge in [0.05, 0.1) is 6.26 Å². The van der Waals surface area contributed by atoms with Crippen LogP contribution in [0.1, 0.15) is 30.9 Å². The highest BCUT2D eigenvalue weighted by Gasteiger charge is 2.30. The zero-order chi connectivity index (χ0) is 16.6. The molecule has 2 atom stereocenters. The summed E-state index contributed by atoms with van der Waals surface area (Å²) < 4.78 is 38.6. The highest BCUT2D eigenvalue weighted by Crippen LogP contribution is 2.27. The predicted molar refractivity (Wildman–Crippen MR) is 89.1 cm³/mol. The van der Waals surface area contributed by atoms with E-state index in [1.54, 1.807) is 10.4 Å². The van der Waals surface area contributed by atoms with E-state index >= 15 is 0 Å². The van der Waals surface area contributed by atoms with Crippen molar-refractivity contribution in [1.29, 1.82) is 0 Å². The summed E-state index contributed by atoms with van der Waals surface area (Å²) in [5.74, 6) is 0.176. The number of halogens is 1. The van der Waals surface area contributed by atoms with Gasteiger partial charge in [0.15, 0.2) is 0 Å². The number of nitrogens with zero attached hydrogens (tertiary/aromatic N) is 2. The van der Waals surface area contributed by atoms with E-state index in [-0.39, 0.29) is 5.82 Å². The first kappa shape index (κ1) is 16.9. The molecule has 1 saturated heterocycles. The normalized spacial score (nSPS) is 26.9. The van der Waals surface area contributed by atoms with E-state index in [2.05, 4.69) is 11.8 Å². The van der Waals surface area contributed by atoms with Gasteiger partial charge in [-0.1, -0.05) is 6.07 Å². The van der Waals surface area contributed by atoms with Gasteiger partial charge in [-0.25, -0.2) is 17.1 Å². The van der Waals surface area contributed by atoms with E-state index in [0.29, 0.717) is 25.0 Å². The predicted octanol–water partition coefficient (Wildman–Crippen LogP) is 2.24. The molecule has 0 unspecified atom stereocenters. The van der Waals surface area contributed by atoms with Crippen molar-refractivity contribution < 1.29 is 12.8 Å². The second-order valence-corrected chi connectivity index (χ2v) is 9.01. The first-order valence-electron chi connectivity index (χ1n) is 8.29. The van der Waals surface area contributed by atoms with E-state index < -0.39 is 10.0 Å². The lowest BCUT2D eigenvalue weighted by atomic mass is 9.92. The number of benzene rings is 1. The standard InChI is InChI=1S/C17H25FN2O2S/c1-13-8-15-5-6-17(18)9-16(15)12-19(13)10-14-4-3-7-20(11-14)23(2,21)22/h5-6,9,13-14H,3-4,7-8,10-12H2,1-2H3/t13-,14-/m0/s1. The minimum atomic E-state index is -3.10. The Morgan fingerprint density at radius 1 is 1.30 bits per heavy atom. The second kappa shape index (κ2) is 6.49. The van der Waals surface area contributed by atoms with Gasteiger partial charge in [0.1, 0.15) is 5.82 Å². The maximum Gasteiger partial charge on any atom is 0.211 e. The number of hydrogen-bond acceptors (Lipinski definition) is 3. The van der Waals surface area contributed by atoms with E-state index in [1.807, 2.05) is 6.07 Å². The Kier molecular flexibility index (Phi) is 4.76. The van der Waals surface area contributed by atoms with Crippen LogP contribution < -0.4 is 0 Å². The van der Waals surface area contributed by atoms with Crippen LogP contribution >= 0.6 is 0 Å². The molecule has 0 aromatic heterocycles. The van der Waals surface area contributed by atoms with E-state index in [9.17, 15) is 12.8 Å². The molecule has 0 spiro atoms. The molecule has 1 fully saturated rings. The number of hydrogen-bond donors (Lipinski definition) is 0. The molecular weight excluding hydrogens is 315 g/mol. The molecule has 23 heavy (non-hydrogen) atoms. The van der Waals surface area contributed by atoms with Crippen LogP contribution in [0.3, 0.4) is 0 Å². The summed E-state index contributed by atoms with van der Waals surface area (Å²) in [6.07, 6.45) is 4.20. The lowest BCUT2D eigenvalue weighted by molar-refractivity contribution is 0.128. The molecule has 1 aromatic carbocycles. The zero-order valence-electron chi connectivity index (χ0n) is 13.8. The fourth-order valence-electron chi connectivity index (χ4n) is 3.82. The average molecular weight is 340 g/mol. The van der Waals surface area contributed by atoms with Crippen molar-refractivity contribution in [1.82, 2.24) is 9.21 Å². The van der Waals surface area contributed by atoms with Gasteiger partial charge >= 0.3 is 0 Å². The molecule has 2 aliphatic rings. The summed E-state index contributed by atoms with van der Waals surface area (Å²) in [6.45, 7) is 5.08. The third kappa shape index (κ3) is 3.92. The van der Waals surface area contributed by atoms with Crippen LogP contribution in [0, 0.1) is 11.7 Å². The third-order valence-electron chi connectivity index (χ3n) is 5.12. The van der Waals surface area contributed by atoms with Gasteiger partial charge in [0.25, 0.3) is 0 Å². The Morgan fingerprint density at radius 3 is 2.83 bits per heavy atom. The minimum absolute atomic E-state index is 0.181. The molecule has 0 aliphatic carbocycles. The summed E-state index contributed by atoms with van der Waals surface area (Å²) in [4.78, 5) is 2.37. The molecule has 0 bridgehead atoms. The number of rotatable bonds is 3. The van der Waals surface area contributed by atoms with Crippen molar-refractivity contribution in [2.24, 2.45) is 5.92 Å². The maximum absolute atomic E-state index is 13.5. The quantitative estimate of drug-likeness (QED) is 0.847. The fraction of sp³-hybridized carbons (Fsp3) is 0.647. The number of fused-ring (bicyclic) bond motifs is 1. The molecule has 0 saturated carbocycles. The molecule has 4 nitrogen and oxygen atoms in total. The fourth-order valence-corrected chi connectivity index (χ4v) is 4.76. The van der Waals surface area contributed by atoms with Gasteiger partial charge in [0, 0.05) is 32.2 Å². The van der Waals surface area contributed by atoms with E-state index in [1.165, 1.54) is 17.9 Å². The topological polar surface area (TPSA) is 40.6 Å². The first-order valence-corrected chi connectivity index (χ1v) is 10.1. The molecule has 128 valence electrons. The molecule has 3 rings (SSSR count). The maximum atomic E-state index is 13.5. The SMILES string of the molecule is C[C@H]1Cc2ccc(F)cc2CN1C[C@@H]1CCCN(S(C)(=O)=O)C1. The third-order valence-corrected chi connectivity index (χ3v) is 6.39. The lowest BCUT2D eigenvalue weighted by Crippen LogP contribution is -2.46. The number of sulfonamides is 1. The molecule has 0 radical (unpaired) electrons. The Balaban J connectivity index is 1.68. The second-order valence-electron chi connectivity index (χ2n) is 7.02. The first-order chi connectivity index (χ1) is 10.8. The molecule has 6 heteroatoms. The summed E-state index contributed by atoms with van der Waals surface area (Å²) in [5, 5.41) is 0. The van der Waals surface area contributed by atoms with Crippen LogP contribution in [0.25, 0.3) is 0 Å². The van der Waals surface area contributed by atoms with Crippen molar-refractivity contribution in [3.05, 3.63) is 35.1 Å². The van der Waals surface area contributed by atoms with Crippen LogP contribution in [0.4, 0.5) is 4.39 Å². The summed E-state index contributed by atoms with van der Waals surface area (Å²) in [5.41, 5.74) is 2.30. The van der Waals surface area contributed by atoms with Gasteiger partial charge in [-0.2, -0.15) is 0 Å². The van der Waals surface area contributed by atoms with Crippen LogP contribution in [0.2, 0.25) is 0 Å². The van der Waals surface area contributed by atoms with Crippen molar-refractivity contribution in [2.45, 2.75) is 38.8 Å². The Labute approximate surface area is 138 Å². The smallest absolute Gasteiger partial charge is 0.211 e. The van der Waals surface area contributed by atoms with Crippen molar-refractivity contribution >= 4 is 10.0 Å². The monoisotopic (exact) mass is 340 g/mol. The van der Waals surface area contributed by atoms with Gasteiger partial charge in [-0.05, 0) is 55.4 Å².